The van der Waals surface area contributed by atoms with Crippen molar-refractivity contribution in [2.45, 2.75) is 90.3 Å². The molecule has 0 unspecified atom stereocenters. The number of carbonyl (C=O) groups is 1. The Kier molecular flexibility index (Phi) is 5.00. The van der Waals surface area contributed by atoms with E-state index in [0.717, 1.165) is 25.7 Å². The summed E-state index contributed by atoms with van der Waals surface area (Å²) >= 11 is 0. The van der Waals surface area contributed by atoms with E-state index in [1.54, 1.807) is 0 Å². The molecule has 0 amide bonds. The number of nitrogens with zero attached hydrogens (tertiary/aromatic N) is 1. The minimum absolute atomic E-state index is 0.0120. The molecule has 1 heterocycles. The number of esters is 1. The van der Waals surface area contributed by atoms with E-state index in [1.807, 2.05) is 6.20 Å². The van der Waals surface area contributed by atoms with Gasteiger partial charge in [-0.05, 0) is 103 Å². The number of fused-ring (bicyclic) bond motifs is 5. The topological polar surface area (TPSA) is 59.4 Å². The van der Waals surface area contributed by atoms with Gasteiger partial charge in [-0.1, -0.05) is 19.9 Å². The third-order valence-corrected chi connectivity index (χ3v) is 10.1. The molecule has 30 heavy (non-hydrogen) atoms. The maximum Gasteiger partial charge on any atom is 0.302 e. The number of pyridine rings is 1. The predicted octanol–water partition coefficient (Wildman–Crippen LogP) is 5.11. The zero-order chi connectivity index (χ0) is 21.1. The summed E-state index contributed by atoms with van der Waals surface area (Å²) in [6, 6.07) is 4.34. The van der Waals surface area contributed by atoms with Crippen LogP contribution < -0.4 is 0 Å². The first kappa shape index (κ1) is 20.5. The minimum atomic E-state index is -0.269. The average molecular weight is 412 g/mol. The average Bonchev–Trinajstić information content (AvgIpc) is 3.07. The molecule has 4 fully saturated rings. The summed E-state index contributed by atoms with van der Waals surface area (Å²) in [4.78, 5) is 15.9. The van der Waals surface area contributed by atoms with Gasteiger partial charge in [0.15, 0.2) is 0 Å². The number of aliphatic hydroxyl groups is 1. The summed E-state index contributed by atoms with van der Waals surface area (Å²) in [5.74, 6) is 2.67. The number of hydrogen-bond acceptors (Lipinski definition) is 4. The first-order chi connectivity index (χ1) is 14.3. The largest absolute Gasteiger partial charge is 0.463 e. The molecule has 0 aromatic carbocycles. The molecule has 5 rings (SSSR count). The number of aliphatic hydroxyl groups excluding tert-OH is 1. The Morgan fingerprint density at radius 2 is 1.83 bits per heavy atom. The summed E-state index contributed by atoms with van der Waals surface area (Å²) in [5, 5.41) is 11.3. The number of ether oxygens (including phenoxy) is 1. The van der Waals surface area contributed by atoms with E-state index in [4.69, 9.17) is 4.74 Å². The summed E-state index contributed by atoms with van der Waals surface area (Å²) in [7, 11) is 0. The van der Waals surface area contributed by atoms with Gasteiger partial charge >= 0.3 is 5.97 Å². The molecule has 1 aromatic heterocycles. The highest BCUT2D eigenvalue weighted by Gasteiger charge is 2.62. The Morgan fingerprint density at radius 1 is 1.07 bits per heavy atom. The molecule has 0 bridgehead atoms. The van der Waals surface area contributed by atoms with Gasteiger partial charge in [0.2, 0.25) is 0 Å². The first-order valence-electron chi connectivity index (χ1n) is 12.1. The summed E-state index contributed by atoms with van der Waals surface area (Å²) < 4.78 is 5.56. The molecule has 4 nitrogen and oxygen atoms in total. The summed E-state index contributed by atoms with van der Waals surface area (Å²) in [6.07, 6.45) is 12.5. The summed E-state index contributed by atoms with van der Waals surface area (Å²) in [6.45, 7) is 6.47. The van der Waals surface area contributed by atoms with Crippen molar-refractivity contribution >= 4 is 5.97 Å². The second kappa shape index (κ2) is 7.32. The molecule has 1 aromatic rings. The number of rotatable bonds is 2. The van der Waals surface area contributed by atoms with Gasteiger partial charge in [-0.2, -0.15) is 0 Å². The normalized spacial score (nSPS) is 47.7. The Bertz CT molecular complexity index is 797. The fourth-order valence-electron chi connectivity index (χ4n) is 8.73. The molecule has 4 saturated carbocycles. The maximum atomic E-state index is 11.5. The van der Waals surface area contributed by atoms with Crippen LogP contribution in [0.5, 0.6) is 0 Å². The van der Waals surface area contributed by atoms with Crippen molar-refractivity contribution in [2.75, 3.05) is 0 Å². The number of aromatic nitrogens is 1. The van der Waals surface area contributed by atoms with Crippen molar-refractivity contribution in [3.63, 3.8) is 0 Å². The standard InChI is InChI=1S/C26H37NO3/c1-16(28)30-18-8-10-26(3)22-9-11-25(2)20(17-5-4-12-27-15-17)6-7-21(25)19(22)14-24(29)23(26)13-18/h4-5,12,15,18-24,29H,6-11,13-14H2,1-3H3/t18-,19+,20-,21+,22+,23-,24+,25-,26-/m1/s1. The molecule has 4 aliphatic rings. The molecule has 4 heteroatoms. The molecule has 0 radical (unpaired) electrons. The second-order valence-corrected chi connectivity index (χ2v) is 11.3. The van der Waals surface area contributed by atoms with Crippen LogP contribution in [-0.2, 0) is 9.53 Å². The van der Waals surface area contributed by atoms with E-state index in [1.165, 1.54) is 38.2 Å². The van der Waals surface area contributed by atoms with Crippen LogP contribution in [0, 0.1) is 34.5 Å². The Hall–Kier alpha value is -1.42. The van der Waals surface area contributed by atoms with Crippen LogP contribution in [-0.4, -0.2) is 28.3 Å². The SMILES string of the molecule is CC(=O)O[C@@H]1CC[C@@]2(C)[C@H](C1)[C@@H](O)C[C@@H]1[C@@H]2CC[C@]2(C)[C@@H](c3cccnc3)CC[C@@H]12. The van der Waals surface area contributed by atoms with Crippen LogP contribution in [0.2, 0.25) is 0 Å². The van der Waals surface area contributed by atoms with Gasteiger partial charge in [-0.3, -0.25) is 9.78 Å². The van der Waals surface area contributed by atoms with Crippen molar-refractivity contribution in [1.82, 2.24) is 4.98 Å². The smallest absolute Gasteiger partial charge is 0.302 e. The lowest BCUT2D eigenvalue weighted by Crippen LogP contribution is -2.58. The lowest BCUT2D eigenvalue weighted by Gasteiger charge is -2.62. The quantitative estimate of drug-likeness (QED) is 0.687. The third kappa shape index (κ3) is 3.04. The van der Waals surface area contributed by atoms with E-state index in [9.17, 15) is 9.90 Å². The van der Waals surface area contributed by atoms with Crippen molar-refractivity contribution in [3.8, 4) is 0 Å². The lowest BCUT2D eigenvalue weighted by atomic mass is 9.44. The maximum absolute atomic E-state index is 11.5. The van der Waals surface area contributed by atoms with Crippen LogP contribution >= 0.6 is 0 Å². The fraction of sp³-hybridized carbons (Fsp3) is 0.769. The molecular weight excluding hydrogens is 374 g/mol. The van der Waals surface area contributed by atoms with Crippen molar-refractivity contribution in [3.05, 3.63) is 30.1 Å². The first-order valence-corrected chi connectivity index (χ1v) is 12.1. The Morgan fingerprint density at radius 3 is 2.57 bits per heavy atom. The predicted molar refractivity (Wildman–Crippen MR) is 116 cm³/mol. The van der Waals surface area contributed by atoms with E-state index < -0.39 is 0 Å². The van der Waals surface area contributed by atoms with Crippen LogP contribution in [0.1, 0.15) is 83.6 Å². The van der Waals surface area contributed by atoms with Gasteiger partial charge in [0.05, 0.1) is 6.10 Å². The number of hydrogen-bond donors (Lipinski definition) is 1. The molecule has 9 atom stereocenters. The highest BCUT2D eigenvalue weighted by Crippen LogP contribution is 2.69. The van der Waals surface area contributed by atoms with Gasteiger partial charge in [-0.15, -0.1) is 0 Å². The van der Waals surface area contributed by atoms with Gasteiger partial charge in [0.1, 0.15) is 6.10 Å². The lowest BCUT2D eigenvalue weighted by molar-refractivity contribution is -0.180. The fourth-order valence-corrected chi connectivity index (χ4v) is 8.73. The van der Waals surface area contributed by atoms with Crippen LogP contribution in [0.25, 0.3) is 0 Å². The molecule has 1 N–H and O–H groups in total. The molecule has 0 spiro atoms. The summed E-state index contributed by atoms with van der Waals surface area (Å²) in [5.41, 5.74) is 1.90. The highest BCUT2D eigenvalue weighted by atomic mass is 16.5. The van der Waals surface area contributed by atoms with E-state index in [0.29, 0.717) is 29.1 Å². The zero-order valence-electron chi connectivity index (χ0n) is 18.7. The highest BCUT2D eigenvalue weighted by molar-refractivity contribution is 5.66. The van der Waals surface area contributed by atoms with Crippen LogP contribution in [0.15, 0.2) is 24.5 Å². The molecule has 164 valence electrons. The Balaban J connectivity index is 1.40. The van der Waals surface area contributed by atoms with Crippen molar-refractivity contribution in [1.29, 1.82) is 0 Å². The van der Waals surface area contributed by atoms with E-state index >= 15 is 0 Å². The van der Waals surface area contributed by atoms with Gasteiger partial charge < -0.3 is 9.84 Å². The van der Waals surface area contributed by atoms with E-state index in [2.05, 4.69) is 37.2 Å². The van der Waals surface area contributed by atoms with E-state index in [-0.39, 0.29) is 29.5 Å². The van der Waals surface area contributed by atoms with Gasteiger partial charge in [-0.25, -0.2) is 0 Å². The zero-order valence-corrected chi connectivity index (χ0v) is 18.7. The molecule has 0 aliphatic heterocycles. The Labute approximate surface area is 180 Å². The monoisotopic (exact) mass is 411 g/mol. The number of carbonyl (C=O) groups excluding carboxylic acids is 1. The van der Waals surface area contributed by atoms with Gasteiger partial charge in [0.25, 0.3) is 0 Å². The van der Waals surface area contributed by atoms with Crippen molar-refractivity contribution in [2.24, 2.45) is 34.5 Å². The third-order valence-electron chi connectivity index (χ3n) is 10.1. The molecule has 0 saturated heterocycles. The molecule has 4 aliphatic carbocycles. The van der Waals surface area contributed by atoms with Crippen LogP contribution in [0.4, 0.5) is 0 Å². The minimum Gasteiger partial charge on any atom is -0.463 e. The van der Waals surface area contributed by atoms with Crippen LogP contribution in [0.3, 0.4) is 0 Å². The second-order valence-electron chi connectivity index (χ2n) is 11.3. The molecular formula is C26H37NO3. The van der Waals surface area contributed by atoms with Crippen molar-refractivity contribution < 1.29 is 14.6 Å². The van der Waals surface area contributed by atoms with Gasteiger partial charge in [0, 0.05) is 19.3 Å².